The van der Waals surface area contributed by atoms with Gasteiger partial charge in [0.15, 0.2) is 11.5 Å². The van der Waals surface area contributed by atoms with Gasteiger partial charge in [0.2, 0.25) is 11.8 Å². The van der Waals surface area contributed by atoms with Crippen LogP contribution in [0.3, 0.4) is 0 Å². The molecule has 0 spiro atoms. The molecule has 0 saturated carbocycles. The Balaban J connectivity index is 1.87. The molecule has 0 fully saturated rings. The fourth-order valence-corrected chi connectivity index (χ4v) is 3.21. The van der Waals surface area contributed by atoms with Gasteiger partial charge >= 0.3 is 0 Å². The van der Waals surface area contributed by atoms with Crippen molar-refractivity contribution in [1.82, 2.24) is 5.32 Å². The molecule has 0 atom stereocenters. The van der Waals surface area contributed by atoms with Gasteiger partial charge in [-0.3, -0.25) is 9.59 Å². The minimum Gasteiger partial charge on any atom is -0.493 e. The maximum absolute atomic E-state index is 12.2. The summed E-state index contributed by atoms with van der Waals surface area (Å²) in [6.07, 6.45) is 1.81. The average molecular weight is 399 g/mol. The highest BCUT2D eigenvalue weighted by Crippen LogP contribution is 2.28. The standard InChI is InChI=1S/C23H30N2O4/c1-5-19-8-6-7-9-20(19)25(17(2)26)15-14-24-23(27)13-11-18-10-12-21(28-3)22(16-18)29-4/h6-10,12,16H,5,11,13-15H2,1-4H3,(H,24,27). The predicted molar refractivity (Wildman–Crippen MR) is 115 cm³/mol. The van der Waals surface area contributed by atoms with Gasteiger partial charge in [-0.05, 0) is 42.2 Å². The smallest absolute Gasteiger partial charge is 0.223 e. The van der Waals surface area contributed by atoms with Crippen molar-refractivity contribution in [2.45, 2.75) is 33.1 Å². The zero-order valence-electron chi connectivity index (χ0n) is 17.7. The monoisotopic (exact) mass is 398 g/mol. The van der Waals surface area contributed by atoms with E-state index in [0.29, 0.717) is 37.4 Å². The van der Waals surface area contributed by atoms with Crippen LogP contribution in [0, 0.1) is 0 Å². The van der Waals surface area contributed by atoms with E-state index in [4.69, 9.17) is 9.47 Å². The number of benzene rings is 2. The van der Waals surface area contributed by atoms with E-state index in [1.165, 1.54) is 0 Å². The SMILES string of the molecule is CCc1ccccc1N(CCNC(=O)CCc1ccc(OC)c(OC)c1)C(C)=O. The molecule has 6 heteroatoms. The largest absolute Gasteiger partial charge is 0.493 e. The zero-order valence-corrected chi connectivity index (χ0v) is 17.7. The first-order valence-electron chi connectivity index (χ1n) is 9.83. The second-order valence-electron chi connectivity index (χ2n) is 6.69. The van der Waals surface area contributed by atoms with Gasteiger partial charge in [0.25, 0.3) is 0 Å². The Morgan fingerprint density at radius 2 is 1.76 bits per heavy atom. The van der Waals surface area contributed by atoms with E-state index in [1.807, 2.05) is 42.5 Å². The van der Waals surface area contributed by atoms with Gasteiger partial charge in [0, 0.05) is 32.1 Å². The molecule has 2 aromatic carbocycles. The van der Waals surface area contributed by atoms with Crippen LogP contribution in [0.25, 0.3) is 0 Å². The summed E-state index contributed by atoms with van der Waals surface area (Å²) < 4.78 is 10.5. The van der Waals surface area contributed by atoms with Gasteiger partial charge in [0.1, 0.15) is 0 Å². The van der Waals surface area contributed by atoms with Gasteiger partial charge in [-0.15, -0.1) is 0 Å². The summed E-state index contributed by atoms with van der Waals surface area (Å²) in [6.45, 7) is 4.45. The van der Waals surface area contributed by atoms with Crippen LogP contribution in [0.4, 0.5) is 5.69 Å². The van der Waals surface area contributed by atoms with E-state index >= 15 is 0 Å². The van der Waals surface area contributed by atoms with Crippen molar-refractivity contribution in [3.8, 4) is 11.5 Å². The van der Waals surface area contributed by atoms with Gasteiger partial charge in [0.05, 0.1) is 14.2 Å². The van der Waals surface area contributed by atoms with Crippen molar-refractivity contribution in [2.24, 2.45) is 0 Å². The molecule has 0 bridgehead atoms. The van der Waals surface area contributed by atoms with Crippen LogP contribution in [-0.4, -0.2) is 39.1 Å². The number of hydrogen-bond acceptors (Lipinski definition) is 4. The number of ether oxygens (including phenoxy) is 2. The number of carbonyl (C=O) groups excluding carboxylic acids is 2. The Kier molecular flexibility index (Phi) is 8.52. The Morgan fingerprint density at radius 1 is 1.03 bits per heavy atom. The first-order chi connectivity index (χ1) is 14.0. The molecule has 0 aliphatic carbocycles. The molecule has 2 amide bonds. The van der Waals surface area contributed by atoms with Gasteiger partial charge in [-0.25, -0.2) is 0 Å². The molecule has 0 heterocycles. The van der Waals surface area contributed by atoms with E-state index in [-0.39, 0.29) is 11.8 Å². The van der Waals surface area contributed by atoms with Crippen LogP contribution < -0.4 is 19.7 Å². The number of carbonyl (C=O) groups is 2. The number of aryl methyl sites for hydroxylation is 2. The quantitative estimate of drug-likeness (QED) is 0.666. The molecule has 156 valence electrons. The highest BCUT2D eigenvalue weighted by atomic mass is 16.5. The van der Waals surface area contributed by atoms with E-state index in [0.717, 1.165) is 23.2 Å². The number of rotatable bonds is 10. The molecule has 0 unspecified atom stereocenters. The molecule has 0 aliphatic rings. The molecule has 2 rings (SSSR count). The predicted octanol–water partition coefficient (Wildman–Crippen LogP) is 3.37. The lowest BCUT2D eigenvalue weighted by atomic mass is 10.1. The molecule has 0 saturated heterocycles. The van der Waals surface area contributed by atoms with Crippen molar-refractivity contribution in [2.75, 3.05) is 32.2 Å². The summed E-state index contributed by atoms with van der Waals surface area (Å²) >= 11 is 0. The average Bonchev–Trinajstić information content (AvgIpc) is 2.74. The summed E-state index contributed by atoms with van der Waals surface area (Å²) in [7, 11) is 3.18. The van der Waals surface area contributed by atoms with E-state index in [2.05, 4.69) is 12.2 Å². The number of anilines is 1. The van der Waals surface area contributed by atoms with Crippen LogP contribution in [-0.2, 0) is 22.4 Å². The van der Waals surface area contributed by atoms with E-state index in [1.54, 1.807) is 26.0 Å². The van der Waals surface area contributed by atoms with Crippen molar-refractivity contribution in [3.63, 3.8) is 0 Å². The van der Waals surface area contributed by atoms with Crippen molar-refractivity contribution in [1.29, 1.82) is 0 Å². The van der Waals surface area contributed by atoms with Crippen molar-refractivity contribution in [3.05, 3.63) is 53.6 Å². The summed E-state index contributed by atoms with van der Waals surface area (Å²) in [5.41, 5.74) is 3.02. The Hall–Kier alpha value is -3.02. The third kappa shape index (κ3) is 6.24. The number of para-hydroxylation sites is 1. The zero-order chi connectivity index (χ0) is 21.2. The number of methoxy groups -OCH3 is 2. The molecule has 0 aliphatic heterocycles. The Bertz CT molecular complexity index is 835. The Labute approximate surface area is 172 Å². The maximum atomic E-state index is 12.2. The first-order valence-corrected chi connectivity index (χ1v) is 9.83. The first kappa shape index (κ1) is 22.3. The van der Waals surface area contributed by atoms with Crippen LogP contribution in [0.1, 0.15) is 31.4 Å². The number of nitrogens with one attached hydrogen (secondary N) is 1. The third-order valence-corrected chi connectivity index (χ3v) is 4.79. The van der Waals surface area contributed by atoms with Crippen LogP contribution in [0.5, 0.6) is 11.5 Å². The maximum Gasteiger partial charge on any atom is 0.223 e. The second kappa shape index (κ2) is 11.1. The van der Waals surface area contributed by atoms with Gasteiger partial charge < -0.3 is 19.7 Å². The fourth-order valence-electron chi connectivity index (χ4n) is 3.21. The number of hydrogen-bond donors (Lipinski definition) is 1. The third-order valence-electron chi connectivity index (χ3n) is 4.79. The fraction of sp³-hybridized carbons (Fsp3) is 0.391. The summed E-state index contributed by atoms with van der Waals surface area (Å²) in [4.78, 5) is 26.1. The van der Waals surface area contributed by atoms with Gasteiger partial charge in [-0.1, -0.05) is 31.2 Å². The molecule has 2 aromatic rings. The lowest BCUT2D eigenvalue weighted by Crippen LogP contribution is -2.38. The molecular formula is C23H30N2O4. The molecule has 0 radical (unpaired) electrons. The molecule has 1 N–H and O–H groups in total. The highest BCUT2D eigenvalue weighted by Gasteiger charge is 2.14. The van der Waals surface area contributed by atoms with Crippen LogP contribution in [0.2, 0.25) is 0 Å². The summed E-state index contributed by atoms with van der Waals surface area (Å²) in [5, 5.41) is 2.91. The number of amides is 2. The van der Waals surface area contributed by atoms with E-state index < -0.39 is 0 Å². The lowest BCUT2D eigenvalue weighted by Gasteiger charge is -2.24. The van der Waals surface area contributed by atoms with Crippen molar-refractivity contribution < 1.29 is 19.1 Å². The summed E-state index contributed by atoms with van der Waals surface area (Å²) in [5.74, 6) is 1.23. The van der Waals surface area contributed by atoms with Crippen LogP contribution in [0.15, 0.2) is 42.5 Å². The molecular weight excluding hydrogens is 368 g/mol. The normalized spacial score (nSPS) is 10.3. The van der Waals surface area contributed by atoms with Gasteiger partial charge in [-0.2, -0.15) is 0 Å². The highest BCUT2D eigenvalue weighted by molar-refractivity contribution is 5.92. The van der Waals surface area contributed by atoms with E-state index in [9.17, 15) is 9.59 Å². The molecule has 0 aromatic heterocycles. The molecule has 29 heavy (non-hydrogen) atoms. The lowest BCUT2D eigenvalue weighted by molar-refractivity contribution is -0.121. The minimum atomic E-state index is -0.0490. The Morgan fingerprint density at radius 3 is 2.41 bits per heavy atom. The topological polar surface area (TPSA) is 67.9 Å². The minimum absolute atomic E-state index is 0.0366. The molecule has 6 nitrogen and oxygen atoms in total. The summed E-state index contributed by atoms with van der Waals surface area (Å²) in [6, 6.07) is 13.5. The van der Waals surface area contributed by atoms with Crippen LogP contribution >= 0.6 is 0 Å². The second-order valence-corrected chi connectivity index (χ2v) is 6.69. The van der Waals surface area contributed by atoms with Crippen molar-refractivity contribution >= 4 is 17.5 Å². The number of nitrogens with zero attached hydrogens (tertiary/aromatic N) is 1.